The predicted octanol–water partition coefficient (Wildman–Crippen LogP) is 3.75. The summed E-state index contributed by atoms with van der Waals surface area (Å²) in [7, 11) is 0. The van der Waals surface area contributed by atoms with Gasteiger partial charge in [-0.3, -0.25) is 14.9 Å². The first kappa shape index (κ1) is 16.2. The van der Waals surface area contributed by atoms with Crippen LogP contribution in [-0.4, -0.2) is 16.9 Å². The highest BCUT2D eigenvalue weighted by molar-refractivity contribution is 14.1. The molecule has 6 heteroatoms. The van der Waals surface area contributed by atoms with Crippen molar-refractivity contribution in [2.24, 2.45) is 11.8 Å². The maximum Gasteiger partial charge on any atom is 0.270 e. The summed E-state index contributed by atoms with van der Waals surface area (Å²) >= 11 is 2.04. The fourth-order valence-corrected chi connectivity index (χ4v) is 3.65. The Morgan fingerprint density at radius 2 is 2.19 bits per heavy atom. The Kier molecular flexibility index (Phi) is 5.18. The van der Waals surface area contributed by atoms with E-state index >= 15 is 0 Å². The van der Waals surface area contributed by atoms with E-state index in [1.807, 2.05) is 22.6 Å². The summed E-state index contributed by atoms with van der Waals surface area (Å²) in [6.45, 7) is 4.35. The minimum Gasteiger partial charge on any atom is -0.349 e. The van der Waals surface area contributed by atoms with Gasteiger partial charge in [-0.1, -0.05) is 20.3 Å². The zero-order valence-electron chi connectivity index (χ0n) is 12.1. The maximum absolute atomic E-state index is 12.4. The van der Waals surface area contributed by atoms with Crippen molar-refractivity contribution in [1.29, 1.82) is 0 Å². The molecule has 1 aromatic rings. The minimum absolute atomic E-state index is 0.0496. The molecule has 0 aliphatic heterocycles. The number of rotatable bonds is 4. The summed E-state index contributed by atoms with van der Waals surface area (Å²) in [4.78, 5) is 22.8. The molecular formula is C15H19IN2O3. The number of carbonyl (C=O) groups excluding carboxylic acids is 1. The summed E-state index contributed by atoms with van der Waals surface area (Å²) in [5, 5.41) is 13.9. The van der Waals surface area contributed by atoms with Crippen LogP contribution in [0.25, 0.3) is 0 Å². The molecule has 3 atom stereocenters. The Morgan fingerprint density at radius 3 is 2.76 bits per heavy atom. The van der Waals surface area contributed by atoms with E-state index in [-0.39, 0.29) is 17.6 Å². The highest BCUT2D eigenvalue weighted by Crippen LogP contribution is 2.34. The molecule has 2 rings (SSSR count). The summed E-state index contributed by atoms with van der Waals surface area (Å²) in [6.07, 6.45) is 3.24. The van der Waals surface area contributed by atoms with Gasteiger partial charge in [-0.25, -0.2) is 0 Å². The highest BCUT2D eigenvalue weighted by Gasteiger charge is 2.33. The van der Waals surface area contributed by atoms with Crippen molar-refractivity contribution in [3.05, 3.63) is 37.4 Å². The Balaban J connectivity index is 2.14. The molecule has 1 fully saturated rings. The van der Waals surface area contributed by atoms with Crippen molar-refractivity contribution in [1.82, 2.24) is 5.32 Å². The van der Waals surface area contributed by atoms with Crippen molar-refractivity contribution in [2.75, 3.05) is 0 Å². The van der Waals surface area contributed by atoms with Gasteiger partial charge in [-0.05, 0) is 53.3 Å². The fourth-order valence-electron chi connectivity index (χ4n) is 3.07. The second-order valence-electron chi connectivity index (χ2n) is 5.61. The monoisotopic (exact) mass is 402 g/mol. The number of halogens is 1. The van der Waals surface area contributed by atoms with Crippen molar-refractivity contribution >= 4 is 34.2 Å². The highest BCUT2D eigenvalue weighted by atomic mass is 127. The predicted molar refractivity (Wildman–Crippen MR) is 89.2 cm³/mol. The average molecular weight is 402 g/mol. The lowest BCUT2D eigenvalue weighted by Crippen LogP contribution is -2.37. The minimum atomic E-state index is -0.474. The van der Waals surface area contributed by atoms with Gasteiger partial charge >= 0.3 is 0 Å². The number of nitro benzene ring substituents is 1. The van der Waals surface area contributed by atoms with Gasteiger partial charge in [0.15, 0.2) is 0 Å². The molecule has 1 aliphatic rings. The number of hydrogen-bond donors (Lipinski definition) is 1. The third-order valence-electron chi connectivity index (χ3n) is 4.47. The molecule has 1 aromatic carbocycles. The van der Waals surface area contributed by atoms with Gasteiger partial charge in [0.05, 0.1) is 10.5 Å². The molecular weight excluding hydrogens is 383 g/mol. The first-order valence-corrected chi connectivity index (χ1v) is 8.26. The van der Waals surface area contributed by atoms with Crippen LogP contribution in [0.1, 0.15) is 43.5 Å². The van der Waals surface area contributed by atoms with Crippen LogP contribution in [0.4, 0.5) is 5.69 Å². The van der Waals surface area contributed by atoms with Crippen LogP contribution in [0.5, 0.6) is 0 Å². The fraction of sp³-hybridized carbons (Fsp3) is 0.533. The van der Waals surface area contributed by atoms with E-state index in [4.69, 9.17) is 0 Å². The van der Waals surface area contributed by atoms with E-state index in [9.17, 15) is 14.9 Å². The van der Waals surface area contributed by atoms with Gasteiger partial charge in [-0.2, -0.15) is 0 Å². The lowest BCUT2D eigenvalue weighted by atomic mass is 9.93. The first-order valence-electron chi connectivity index (χ1n) is 7.18. The van der Waals surface area contributed by atoms with Gasteiger partial charge in [-0.15, -0.1) is 0 Å². The quantitative estimate of drug-likeness (QED) is 0.474. The first-order chi connectivity index (χ1) is 9.93. The van der Waals surface area contributed by atoms with Gasteiger partial charge in [0.2, 0.25) is 0 Å². The normalized spacial score (nSPS) is 24.8. The summed E-state index contributed by atoms with van der Waals surface area (Å²) in [6, 6.07) is 4.55. The Bertz CT molecular complexity index is 562. The number of nitrogens with zero attached hydrogens (tertiary/aromatic N) is 1. The van der Waals surface area contributed by atoms with Crippen LogP contribution in [0, 0.1) is 25.5 Å². The number of amides is 1. The Labute approximate surface area is 137 Å². The summed E-state index contributed by atoms with van der Waals surface area (Å²) < 4.78 is 0.730. The molecule has 21 heavy (non-hydrogen) atoms. The molecule has 114 valence electrons. The Hall–Kier alpha value is -1.18. The molecule has 0 bridgehead atoms. The van der Waals surface area contributed by atoms with Crippen LogP contribution in [-0.2, 0) is 0 Å². The zero-order valence-corrected chi connectivity index (χ0v) is 14.3. The third-order valence-corrected chi connectivity index (χ3v) is 5.41. The van der Waals surface area contributed by atoms with Crippen LogP contribution < -0.4 is 5.32 Å². The van der Waals surface area contributed by atoms with Crippen LogP contribution in [0.15, 0.2) is 18.2 Å². The van der Waals surface area contributed by atoms with E-state index < -0.39 is 4.92 Å². The van der Waals surface area contributed by atoms with Crippen LogP contribution in [0.3, 0.4) is 0 Å². The molecule has 1 N–H and O–H groups in total. The van der Waals surface area contributed by atoms with Crippen molar-refractivity contribution < 1.29 is 9.72 Å². The lowest BCUT2D eigenvalue weighted by molar-refractivity contribution is -0.384. The van der Waals surface area contributed by atoms with E-state index in [0.29, 0.717) is 17.4 Å². The topological polar surface area (TPSA) is 72.2 Å². The molecule has 0 radical (unpaired) electrons. The zero-order chi connectivity index (χ0) is 15.6. The number of nitrogens with one attached hydrogen (secondary N) is 1. The molecule has 1 amide bonds. The van der Waals surface area contributed by atoms with E-state index in [1.54, 1.807) is 6.07 Å². The van der Waals surface area contributed by atoms with Crippen molar-refractivity contribution in [3.63, 3.8) is 0 Å². The molecule has 5 nitrogen and oxygen atoms in total. The number of non-ortho nitro benzene ring substituents is 1. The summed E-state index contributed by atoms with van der Waals surface area (Å²) in [5.74, 6) is 0.895. The van der Waals surface area contributed by atoms with E-state index in [0.717, 1.165) is 22.8 Å². The van der Waals surface area contributed by atoms with E-state index in [1.165, 1.54) is 12.1 Å². The standard InChI is InChI=1S/C15H19IN2O3/c1-3-10-4-7-14(9(10)2)17-15(19)12-8-11(18(20)21)5-6-13(12)16/h5-6,8-10,14H,3-4,7H2,1-2H3,(H,17,19). The molecule has 0 spiro atoms. The second kappa shape index (κ2) is 6.72. The smallest absolute Gasteiger partial charge is 0.270 e. The van der Waals surface area contributed by atoms with Gasteiger partial charge in [0.1, 0.15) is 0 Å². The van der Waals surface area contributed by atoms with Gasteiger partial charge in [0, 0.05) is 21.7 Å². The average Bonchev–Trinajstić information content (AvgIpc) is 2.79. The Morgan fingerprint density at radius 1 is 1.48 bits per heavy atom. The van der Waals surface area contributed by atoms with Gasteiger partial charge in [0.25, 0.3) is 11.6 Å². The maximum atomic E-state index is 12.4. The third kappa shape index (κ3) is 3.53. The molecule has 0 heterocycles. The second-order valence-corrected chi connectivity index (χ2v) is 6.77. The molecule has 3 unspecified atom stereocenters. The molecule has 0 saturated heterocycles. The lowest BCUT2D eigenvalue weighted by Gasteiger charge is -2.21. The van der Waals surface area contributed by atoms with Gasteiger partial charge < -0.3 is 5.32 Å². The van der Waals surface area contributed by atoms with Crippen LogP contribution in [0.2, 0.25) is 0 Å². The number of benzene rings is 1. The number of nitro groups is 1. The van der Waals surface area contributed by atoms with Crippen molar-refractivity contribution in [2.45, 2.75) is 39.2 Å². The summed E-state index contributed by atoms with van der Waals surface area (Å²) in [5.41, 5.74) is 0.336. The molecule has 1 aliphatic carbocycles. The number of hydrogen-bond acceptors (Lipinski definition) is 3. The van der Waals surface area contributed by atoms with Crippen molar-refractivity contribution in [3.8, 4) is 0 Å². The molecule has 0 aromatic heterocycles. The number of carbonyl (C=O) groups is 1. The molecule has 1 saturated carbocycles. The van der Waals surface area contributed by atoms with E-state index in [2.05, 4.69) is 19.2 Å². The SMILES string of the molecule is CCC1CCC(NC(=O)c2cc([N+](=O)[O-])ccc2I)C1C. The van der Waals surface area contributed by atoms with Crippen LogP contribution >= 0.6 is 22.6 Å². The largest absolute Gasteiger partial charge is 0.349 e.